The van der Waals surface area contributed by atoms with E-state index < -0.39 is 10.8 Å². The Bertz CT molecular complexity index is 527. The lowest BCUT2D eigenvalue weighted by Gasteiger charge is -2.05. The number of allylic oxidation sites excluding steroid dienone is 2. The van der Waals surface area contributed by atoms with Gasteiger partial charge >= 0.3 is 0 Å². The van der Waals surface area contributed by atoms with Gasteiger partial charge in [-0.1, -0.05) is 55.7 Å². The lowest BCUT2D eigenvalue weighted by atomic mass is 10.2. The first kappa shape index (κ1) is 18.6. The van der Waals surface area contributed by atoms with Gasteiger partial charge in [-0.15, -0.1) is 6.58 Å². The topological polar surface area (TPSA) is 26.3 Å². The zero-order chi connectivity index (χ0) is 16.2. The molecule has 1 rings (SSSR count). The maximum absolute atomic E-state index is 12.7. The Morgan fingerprint density at radius 1 is 1.27 bits per heavy atom. The van der Waals surface area contributed by atoms with Crippen LogP contribution in [-0.4, -0.2) is 17.4 Å². The summed E-state index contributed by atoms with van der Waals surface area (Å²) in [5.74, 6) is 0. The molecule has 0 unspecified atom stereocenters. The smallest absolute Gasteiger partial charge is 0.0846 e. The molecule has 0 saturated heterocycles. The van der Waals surface area contributed by atoms with Crippen molar-refractivity contribution in [2.45, 2.75) is 38.0 Å². The van der Waals surface area contributed by atoms with Gasteiger partial charge in [-0.2, -0.15) is 0 Å². The second kappa shape index (κ2) is 11.2. The maximum Gasteiger partial charge on any atom is 0.0846 e. The number of rotatable bonds is 10. The standard InChI is InChI=1S/C19H26O2S/c1-4-6-7-9-18(10-8-16-21-15-5-2)22(20)19-13-11-17(3)12-14-19/h5,8-14H,2,4,6-7,15-16H2,1,3H3/b10-8+,18-9-/t22-/m1/s1. The van der Waals surface area contributed by atoms with Gasteiger partial charge in [-0.05, 0) is 31.6 Å². The van der Waals surface area contributed by atoms with E-state index in [2.05, 4.69) is 19.6 Å². The molecule has 22 heavy (non-hydrogen) atoms. The molecular formula is C19H26O2S. The zero-order valence-corrected chi connectivity index (χ0v) is 14.4. The molecule has 0 spiro atoms. The minimum atomic E-state index is -1.14. The Kier molecular flexibility index (Phi) is 9.44. The summed E-state index contributed by atoms with van der Waals surface area (Å²) in [4.78, 5) is 1.68. The van der Waals surface area contributed by atoms with E-state index in [-0.39, 0.29) is 0 Å². The number of aryl methyl sites for hydroxylation is 1. The Hall–Kier alpha value is -1.45. The fourth-order valence-corrected chi connectivity index (χ4v) is 2.98. The number of unbranched alkanes of at least 4 members (excludes halogenated alkanes) is 2. The third kappa shape index (κ3) is 7.01. The van der Waals surface area contributed by atoms with E-state index in [1.54, 1.807) is 6.08 Å². The predicted molar refractivity (Wildman–Crippen MR) is 95.4 cm³/mol. The first-order valence-corrected chi connectivity index (χ1v) is 8.87. The van der Waals surface area contributed by atoms with Crippen LogP contribution in [0.1, 0.15) is 31.7 Å². The van der Waals surface area contributed by atoms with Crippen molar-refractivity contribution in [3.05, 3.63) is 65.6 Å². The molecule has 0 radical (unpaired) electrons. The Morgan fingerprint density at radius 3 is 2.64 bits per heavy atom. The van der Waals surface area contributed by atoms with E-state index in [0.717, 1.165) is 29.1 Å². The fourth-order valence-electron chi connectivity index (χ4n) is 1.84. The van der Waals surface area contributed by atoms with Crippen LogP contribution in [-0.2, 0) is 15.5 Å². The highest BCUT2D eigenvalue weighted by molar-refractivity contribution is 7.89. The fraction of sp³-hybridized carbons (Fsp3) is 0.368. The highest BCUT2D eigenvalue weighted by Gasteiger charge is 2.07. The molecule has 0 fully saturated rings. The van der Waals surface area contributed by atoms with E-state index in [0.29, 0.717) is 13.2 Å². The second-order valence-electron chi connectivity index (χ2n) is 5.06. The minimum absolute atomic E-state index is 0.502. The summed E-state index contributed by atoms with van der Waals surface area (Å²) in [6.07, 6.45) is 10.8. The molecule has 2 nitrogen and oxygen atoms in total. The van der Waals surface area contributed by atoms with E-state index in [4.69, 9.17) is 4.74 Å². The van der Waals surface area contributed by atoms with Crippen LogP contribution in [0.5, 0.6) is 0 Å². The van der Waals surface area contributed by atoms with Crippen molar-refractivity contribution < 1.29 is 8.95 Å². The zero-order valence-electron chi connectivity index (χ0n) is 13.6. The monoisotopic (exact) mass is 318 g/mol. The van der Waals surface area contributed by atoms with Gasteiger partial charge in [-0.25, -0.2) is 4.21 Å². The van der Waals surface area contributed by atoms with Crippen molar-refractivity contribution in [2.24, 2.45) is 0 Å². The summed E-state index contributed by atoms with van der Waals surface area (Å²) >= 11 is 0. The highest BCUT2D eigenvalue weighted by atomic mass is 32.2. The van der Waals surface area contributed by atoms with Crippen molar-refractivity contribution in [2.75, 3.05) is 13.2 Å². The number of hydrogen-bond acceptors (Lipinski definition) is 2. The molecule has 120 valence electrons. The van der Waals surface area contributed by atoms with Crippen LogP contribution >= 0.6 is 0 Å². The largest absolute Gasteiger partial charge is 0.373 e. The van der Waals surface area contributed by atoms with Crippen molar-refractivity contribution in [1.29, 1.82) is 0 Å². The van der Waals surface area contributed by atoms with Crippen LogP contribution in [0.3, 0.4) is 0 Å². The minimum Gasteiger partial charge on any atom is -0.373 e. The summed E-state index contributed by atoms with van der Waals surface area (Å²) in [7, 11) is -1.14. The van der Waals surface area contributed by atoms with Crippen LogP contribution in [0.25, 0.3) is 0 Å². The molecule has 1 aromatic rings. The maximum atomic E-state index is 12.7. The van der Waals surface area contributed by atoms with E-state index in [9.17, 15) is 4.21 Å². The van der Waals surface area contributed by atoms with Gasteiger partial charge in [-0.3, -0.25) is 0 Å². The first-order valence-electron chi connectivity index (χ1n) is 7.72. The van der Waals surface area contributed by atoms with Gasteiger partial charge in [0.1, 0.15) is 0 Å². The lowest BCUT2D eigenvalue weighted by Crippen LogP contribution is -1.96. The Morgan fingerprint density at radius 2 is 2.00 bits per heavy atom. The molecule has 0 bridgehead atoms. The van der Waals surface area contributed by atoms with Gasteiger partial charge in [0.25, 0.3) is 0 Å². The summed E-state index contributed by atoms with van der Waals surface area (Å²) in [6, 6.07) is 7.85. The summed E-state index contributed by atoms with van der Waals surface area (Å²) in [5, 5.41) is 0. The quantitative estimate of drug-likeness (QED) is 0.347. The van der Waals surface area contributed by atoms with Crippen LogP contribution in [0.2, 0.25) is 0 Å². The molecule has 1 aromatic carbocycles. The highest BCUT2D eigenvalue weighted by Crippen LogP contribution is 2.17. The van der Waals surface area contributed by atoms with Gasteiger partial charge in [0.2, 0.25) is 0 Å². The Labute approximate surface area is 137 Å². The average Bonchev–Trinajstić information content (AvgIpc) is 2.53. The molecule has 0 aliphatic heterocycles. The number of benzene rings is 1. The molecule has 0 heterocycles. The van der Waals surface area contributed by atoms with Gasteiger partial charge in [0, 0.05) is 9.80 Å². The third-order valence-electron chi connectivity index (χ3n) is 3.08. The van der Waals surface area contributed by atoms with E-state index >= 15 is 0 Å². The van der Waals surface area contributed by atoms with Crippen molar-refractivity contribution in [3.8, 4) is 0 Å². The number of hydrogen-bond donors (Lipinski definition) is 0. The van der Waals surface area contributed by atoms with Gasteiger partial charge < -0.3 is 4.74 Å². The molecule has 0 aliphatic carbocycles. The summed E-state index contributed by atoms with van der Waals surface area (Å²) in [5.41, 5.74) is 1.17. The van der Waals surface area contributed by atoms with Crippen LogP contribution < -0.4 is 0 Å². The average molecular weight is 318 g/mol. The van der Waals surface area contributed by atoms with E-state index in [1.165, 1.54) is 5.56 Å². The molecule has 1 atom stereocenters. The summed E-state index contributed by atoms with van der Waals surface area (Å²) in [6.45, 7) is 8.82. The van der Waals surface area contributed by atoms with Crippen molar-refractivity contribution in [1.82, 2.24) is 0 Å². The molecule has 0 aliphatic rings. The Balaban J connectivity index is 2.79. The SMILES string of the molecule is C=CCOC/C=C/C(=C/CCCC)[S@@](=O)c1ccc(C)cc1. The molecule has 3 heteroatoms. The van der Waals surface area contributed by atoms with Crippen LogP contribution in [0, 0.1) is 6.92 Å². The lowest BCUT2D eigenvalue weighted by molar-refractivity contribution is 0.194. The normalized spacial score (nSPS) is 13.5. The van der Waals surface area contributed by atoms with E-state index in [1.807, 2.05) is 43.3 Å². The molecule has 0 amide bonds. The molecule has 0 saturated carbocycles. The van der Waals surface area contributed by atoms with Gasteiger partial charge in [0.05, 0.1) is 24.0 Å². The second-order valence-corrected chi connectivity index (χ2v) is 6.54. The van der Waals surface area contributed by atoms with Crippen molar-refractivity contribution in [3.63, 3.8) is 0 Å². The molecule has 0 N–H and O–H groups in total. The molecule has 0 aromatic heterocycles. The summed E-state index contributed by atoms with van der Waals surface area (Å²) < 4.78 is 18.0. The van der Waals surface area contributed by atoms with Crippen molar-refractivity contribution >= 4 is 10.8 Å². The molecular weight excluding hydrogens is 292 g/mol. The third-order valence-corrected chi connectivity index (χ3v) is 4.52. The predicted octanol–water partition coefficient (Wildman–Crippen LogP) is 4.94. The van der Waals surface area contributed by atoms with Gasteiger partial charge in [0.15, 0.2) is 0 Å². The first-order chi connectivity index (χ1) is 10.7. The number of ether oxygens (including phenoxy) is 1. The van der Waals surface area contributed by atoms with Crippen LogP contribution in [0.15, 0.2) is 64.9 Å². The van der Waals surface area contributed by atoms with Crippen LogP contribution in [0.4, 0.5) is 0 Å².